The Balaban J connectivity index is 1.29. The number of hydrogen-bond acceptors (Lipinski definition) is 3. The second kappa shape index (κ2) is 9.44. The fraction of sp³-hybridized carbons (Fsp3) is 0.0526. The molecule has 0 bridgehead atoms. The summed E-state index contributed by atoms with van der Waals surface area (Å²) in [6.07, 6.45) is 9.27. The van der Waals surface area contributed by atoms with Crippen molar-refractivity contribution in [2.24, 2.45) is 5.92 Å². The van der Waals surface area contributed by atoms with Gasteiger partial charge in [-0.2, -0.15) is 0 Å². The predicted molar refractivity (Wildman–Crippen MR) is 181 cm³/mol. The van der Waals surface area contributed by atoms with Crippen LogP contribution in [-0.2, 0) is 0 Å². The zero-order chi connectivity index (χ0) is 27.6. The third-order valence-electron chi connectivity index (χ3n) is 9.00. The van der Waals surface area contributed by atoms with E-state index in [0.717, 1.165) is 17.1 Å². The van der Waals surface area contributed by atoms with Crippen molar-refractivity contribution in [3.8, 4) is 0 Å². The van der Waals surface area contributed by atoms with E-state index in [4.69, 9.17) is 0 Å². The molecule has 9 rings (SSSR count). The average molecular weight is 555 g/mol. The van der Waals surface area contributed by atoms with Crippen molar-refractivity contribution >= 4 is 68.4 Å². The van der Waals surface area contributed by atoms with Crippen LogP contribution in [0, 0.1) is 5.92 Å². The number of benzene rings is 5. The minimum absolute atomic E-state index is 0.260. The molecule has 0 amide bonds. The molecule has 0 N–H and O–H groups in total. The summed E-state index contributed by atoms with van der Waals surface area (Å²) in [5.74, 6) is 0.432. The Kier molecular flexibility index (Phi) is 5.39. The Hall–Kier alpha value is -4.67. The van der Waals surface area contributed by atoms with Gasteiger partial charge >= 0.3 is 0 Å². The summed E-state index contributed by atoms with van der Waals surface area (Å²) in [6, 6.07) is 46.3. The van der Waals surface area contributed by atoms with Gasteiger partial charge in [-0.05, 0) is 71.1 Å². The Morgan fingerprint density at radius 1 is 0.619 bits per heavy atom. The molecule has 0 fully saturated rings. The third-order valence-corrected chi connectivity index (χ3v) is 10.4. The van der Waals surface area contributed by atoms with Crippen LogP contribution < -0.4 is 20.7 Å². The molecule has 3 heterocycles. The molecule has 0 saturated carbocycles. The SMILES string of the molecule is C1=CC2SC3=C(B4c5ccc(N(c6ccccc6)c6ccccc6)cc5N(c5ccccc5)c5cccc3c54)C2C=C1. The van der Waals surface area contributed by atoms with E-state index in [-0.39, 0.29) is 6.71 Å². The summed E-state index contributed by atoms with van der Waals surface area (Å²) >= 11 is 2.05. The van der Waals surface area contributed by atoms with Crippen molar-refractivity contribution in [1.82, 2.24) is 0 Å². The molecule has 3 aliphatic heterocycles. The maximum absolute atomic E-state index is 2.49. The molecule has 5 aromatic rings. The molecule has 2 atom stereocenters. The highest BCUT2D eigenvalue weighted by atomic mass is 32.2. The summed E-state index contributed by atoms with van der Waals surface area (Å²) < 4.78 is 0. The van der Waals surface area contributed by atoms with Gasteiger partial charge < -0.3 is 9.80 Å². The fourth-order valence-corrected chi connectivity index (χ4v) is 8.82. The van der Waals surface area contributed by atoms with E-state index in [2.05, 4.69) is 173 Å². The monoisotopic (exact) mass is 554 g/mol. The van der Waals surface area contributed by atoms with Crippen LogP contribution in [0.3, 0.4) is 0 Å². The Morgan fingerprint density at radius 3 is 2.05 bits per heavy atom. The number of nitrogens with zero attached hydrogens (tertiary/aromatic N) is 2. The van der Waals surface area contributed by atoms with Gasteiger partial charge in [0, 0.05) is 50.2 Å². The molecule has 4 heteroatoms. The first kappa shape index (κ1) is 24.0. The minimum Gasteiger partial charge on any atom is -0.311 e. The van der Waals surface area contributed by atoms with Crippen molar-refractivity contribution in [3.05, 3.63) is 163 Å². The van der Waals surface area contributed by atoms with E-state index in [1.54, 1.807) is 5.47 Å². The lowest BCUT2D eigenvalue weighted by Gasteiger charge is -2.38. The van der Waals surface area contributed by atoms with Crippen LogP contribution in [0.2, 0.25) is 0 Å². The third kappa shape index (κ3) is 3.48. The first-order valence-corrected chi connectivity index (χ1v) is 15.5. The highest BCUT2D eigenvalue weighted by molar-refractivity contribution is 8.09. The van der Waals surface area contributed by atoms with Crippen molar-refractivity contribution < 1.29 is 0 Å². The molecular formula is C38H27BN2S. The van der Waals surface area contributed by atoms with E-state index in [1.807, 2.05) is 0 Å². The molecule has 2 nitrogen and oxygen atoms in total. The van der Waals surface area contributed by atoms with Crippen LogP contribution in [0.5, 0.6) is 0 Å². The summed E-state index contributed by atoms with van der Waals surface area (Å²) in [4.78, 5) is 6.34. The smallest absolute Gasteiger partial charge is 0.245 e. The van der Waals surface area contributed by atoms with Crippen molar-refractivity contribution in [3.63, 3.8) is 0 Å². The van der Waals surface area contributed by atoms with Gasteiger partial charge in [-0.25, -0.2) is 0 Å². The standard InChI is InChI=1S/C38H27BN2S/c1-4-13-26(14-5-1)40(27-15-6-2-7-16-27)29-23-24-32-34(25-29)41(28-17-8-3-9-18-28)33-21-12-20-31-36(33)39(32)37-30-19-10-11-22-35(30)42-38(31)37/h1-25,30,35H. The zero-order valence-corrected chi connectivity index (χ0v) is 23.8. The van der Waals surface area contributed by atoms with Gasteiger partial charge in [0.25, 0.3) is 0 Å². The Bertz CT molecular complexity index is 1890. The number of anilines is 6. The van der Waals surface area contributed by atoms with E-state index in [0.29, 0.717) is 11.2 Å². The Morgan fingerprint density at radius 2 is 1.31 bits per heavy atom. The summed E-state index contributed by atoms with van der Waals surface area (Å²) in [5.41, 5.74) is 13.0. The minimum atomic E-state index is 0.260. The van der Waals surface area contributed by atoms with Crippen LogP contribution in [-0.4, -0.2) is 12.0 Å². The largest absolute Gasteiger partial charge is 0.311 e. The molecule has 0 saturated heterocycles. The van der Waals surface area contributed by atoms with Gasteiger partial charge in [0.2, 0.25) is 6.71 Å². The van der Waals surface area contributed by atoms with E-state index in [1.165, 1.54) is 38.5 Å². The molecule has 0 aromatic heterocycles. The van der Waals surface area contributed by atoms with Gasteiger partial charge in [0.05, 0.1) is 0 Å². The maximum atomic E-state index is 2.49. The lowest BCUT2D eigenvalue weighted by molar-refractivity contribution is 0.838. The summed E-state index contributed by atoms with van der Waals surface area (Å²) in [5, 5.41) is 0.485. The van der Waals surface area contributed by atoms with Crippen molar-refractivity contribution in [1.29, 1.82) is 0 Å². The highest BCUT2D eigenvalue weighted by Crippen LogP contribution is 2.55. The zero-order valence-electron chi connectivity index (χ0n) is 23.0. The normalized spacial score (nSPS) is 19.0. The molecule has 2 unspecified atom stereocenters. The topological polar surface area (TPSA) is 6.48 Å². The number of rotatable bonds is 4. The fourth-order valence-electron chi connectivity index (χ4n) is 7.30. The Labute approximate surface area is 251 Å². The van der Waals surface area contributed by atoms with Crippen LogP contribution in [0.15, 0.2) is 157 Å². The van der Waals surface area contributed by atoms with Crippen LogP contribution in [0.1, 0.15) is 5.56 Å². The number of thioether (sulfide) groups is 1. The molecule has 5 aromatic carbocycles. The van der Waals surface area contributed by atoms with Crippen molar-refractivity contribution in [2.45, 2.75) is 5.25 Å². The van der Waals surface area contributed by atoms with Gasteiger partial charge in [0.15, 0.2) is 0 Å². The second-order valence-electron chi connectivity index (χ2n) is 11.3. The molecule has 0 spiro atoms. The molecule has 0 radical (unpaired) electrons. The maximum Gasteiger partial charge on any atom is 0.245 e. The van der Waals surface area contributed by atoms with Crippen LogP contribution >= 0.6 is 11.8 Å². The molecular weight excluding hydrogens is 527 g/mol. The number of allylic oxidation sites excluding steroid dienone is 4. The van der Waals surface area contributed by atoms with Gasteiger partial charge in [0.1, 0.15) is 0 Å². The molecule has 42 heavy (non-hydrogen) atoms. The lowest BCUT2D eigenvalue weighted by atomic mass is 9.34. The number of fused-ring (bicyclic) bond motifs is 6. The number of para-hydroxylation sites is 3. The van der Waals surface area contributed by atoms with E-state index >= 15 is 0 Å². The molecule has 198 valence electrons. The average Bonchev–Trinajstić information content (AvgIpc) is 3.59. The van der Waals surface area contributed by atoms with E-state index < -0.39 is 0 Å². The predicted octanol–water partition coefficient (Wildman–Crippen LogP) is 8.67. The first-order chi connectivity index (χ1) is 20.9. The van der Waals surface area contributed by atoms with Crippen LogP contribution in [0.25, 0.3) is 4.91 Å². The molecule has 1 aliphatic carbocycles. The summed E-state index contributed by atoms with van der Waals surface area (Å²) in [7, 11) is 0. The number of hydrogen-bond donors (Lipinski definition) is 0. The highest BCUT2D eigenvalue weighted by Gasteiger charge is 2.50. The van der Waals surface area contributed by atoms with Gasteiger partial charge in [-0.15, -0.1) is 11.8 Å². The first-order valence-electron chi connectivity index (χ1n) is 14.7. The quantitative estimate of drug-likeness (QED) is 0.205. The van der Waals surface area contributed by atoms with Gasteiger partial charge in [-0.3, -0.25) is 0 Å². The lowest BCUT2D eigenvalue weighted by Crippen LogP contribution is -2.51. The second-order valence-corrected chi connectivity index (χ2v) is 12.4. The van der Waals surface area contributed by atoms with Gasteiger partial charge in [-0.1, -0.05) is 103 Å². The van der Waals surface area contributed by atoms with E-state index in [9.17, 15) is 0 Å². The van der Waals surface area contributed by atoms with Crippen LogP contribution in [0.4, 0.5) is 34.1 Å². The molecule has 4 aliphatic rings. The van der Waals surface area contributed by atoms with Crippen molar-refractivity contribution in [2.75, 3.05) is 9.80 Å². The summed E-state index contributed by atoms with van der Waals surface area (Å²) in [6.45, 7) is 0.260.